The van der Waals surface area contributed by atoms with Crippen molar-refractivity contribution in [3.8, 4) is 5.75 Å². The second kappa shape index (κ2) is 6.44. The summed E-state index contributed by atoms with van der Waals surface area (Å²) < 4.78 is 5.76. The van der Waals surface area contributed by atoms with Crippen LogP contribution < -0.4 is 10.1 Å². The van der Waals surface area contributed by atoms with E-state index in [0.717, 1.165) is 35.1 Å². The predicted octanol–water partition coefficient (Wildman–Crippen LogP) is 3.87. The Kier molecular flexibility index (Phi) is 4.90. The van der Waals surface area contributed by atoms with Crippen molar-refractivity contribution in [1.29, 1.82) is 0 Å². The molecule has 1 saturated carbocycles. The van der Waals surface area contributed by atoms with Crippen molar-refractivity contribution in [3.05, 3.63) is 28.3 Å². The molecule has 1 aliphatic rings. The van der Waals surface area contributed by atoms with Crippen LogP contribution in [0.3, 0.4) is 0 Å². The van der Waals surface area contributed by atoms with Gasteiger partial charge in [-0.1, -0.05) is 24.4 Å². The van der Waals surface area contributed by atoms with E-state index in [0.29, 0.717) is 6.04 Å². The van der Waals surface area contributed by atoms with Crippen molar-refractivity contribution < 1.29 is 4.74 Å². The van der Waals surface area contributed by atoms with Gasteiger partial charge in [0.15, 0.2) is 0 Å². The highest BCUT2D eigenvalue weighted by atomic mass is 35.5. The Morgan fingerprint density at radius 3 is 2.44 bits per heavy atom. The Bertz CT molecular complexity index is 376. The summed E-state index contributed by atoms with van der Waals surface area (Å²) in [4.78, 5) is 0. The summed E-state index contributed by atoms with van der Waals surface area (Å²) in [6.45, 7) is 5.67. The molecule has 0 unspecified atom stereocenters. The van der Waals surface area contributed by atoms with Gasteiger partial charge < -0.3 is 10.1 Å². The third kappa shape index (κ3) is 3.63. The molecule has 1 fully saturated rings. The van der Waals surface area contributed by atoms with Gasteiger partial charge in [0.25, 0.3) is 0 Å². The summed E-state index contributed by atoms with van der Waals surface area (Å²) in [5.41, 5.74) is 2.16. The predicted molar refractivity (Wildman–Crippen MR) is 76.7 cm³/mol. The van der Waals surface area contributed by atoms with E-state index in [1.54, 1.807) is 0 Å². The SMILES string of the molecule is Cc1cc(OCCNC2CCCC2)cc(C)c1Cl. The van der Waals surface area contributed by atoms with E-state index in [-0.39, 0.29) is 0 Å². The van der Waals surface area contributed by atoms with Crippen LogP contribution in [0, 0.1) is 13.8 Å². The number of halogens is 1. The summed E-state index contributed by atoms with van der Waals surface area (Å²) >= 11 is 6.13. The summed E-state index contributed by atoms with van der Waals surface area (Å²) in [5, 5.41) is 4.38. The van der Waals surface area contributed by atoms with E-state index in [1.165, 1.54) is 25.7 Å². The molecule has 0 atom stereocenters. The van der Waals surface area contributed by atoms with Crippen LogP contribution in [0.15, 0.2) is 12.1 Å². The average Bonchev–Trinajstić information content (AvgIpc) is 2.84. The lowest BCUT2D eigenvalue weighted by Gasteiger charge is -2.13. The molecule has 1 aromatic rings. The van der Waals surface area contributed by atoms with Crippen molar-refractivity contribution in [2.45, 2.75) is 45.6 Å². The second-order valence-corrected chi connectivity index (χ2v) is 5.53. The number of ether oxygens (including phenoxy) is 1. The lowest BCUT2D eigenvalue weighted by atomic mass is 10.1. The fourth-order valence-corrected chi connectivity index (χ4v) is 2.66. The van der Waals surface area contributed by atoms with Crippen LogP contribution >= 0.6 is 11.6 Å². The molecule has 2 nitrogen and oxygen atoms in total. The van der Waals surface area contributed by atoms with Gasteiger partial charge in [-0.05, 0) is 49.9 Å². The van der Waals surface area contributed by atoms with Crippen LogP contribution in [0.25, 0.3) is 0 Å². The maximum Gasteiger partial charge on any atom is 0.119 e. The highest BCUT2D eigenvalue weighted by Gasteiger charge is 2.13. The van der Waals surface area contributed by atoms with Crippen molar-refractivity contribution in [3.63, 3.8) is 0 Å². The minimum Gasteiger partial charge on any atom is -0.492 e. The summed E-state index contributed by atoms with van der Waals surface area (Å²) in [7, 11) is 0. The van der Waals surface area contributed by atoms with Crippen molar-refractivity contribution in [2.75, 3.05) is 13.2 Å². The normalized spacial score (nSPS) is 16.2. The van der Waals surface area contributed by atoms with Crippen molar-refractivity contribution in [1.82, 2.24) is 5.32 Å². The van der Waals surface area contributed by atoms with E-state index in [2.05, 4.69) is 5.32 Å². The van der Waals surface area contributed by atoms with Crippen LogP contribution in [0.2, 0.25) is 5.02 Å². The molecule has 0 aromatic heterocycles. The Morgan fingerprint density at radius 2 is 1.83 bits per heavy atom. The van der Waals surface area contributed by atoms with Crippen LogP contribution in [-0.4, -0.2) is 19.2 Å². The molecule has 1 N–H and O–H groups in total. The topological polar surface area (TPSA) is 21.3 Å². The molecular formula is C15H22ClNO. The zero-order chi connectivity index (χ0) is 13.0. The van der Waals surface area contributed by atoms with Crippen molar-refractivity contribution in [2.24, 2.45) is 0 Å². The third-order valence-electron chi connectivity index (χ3n) is 3.57. The molecule has 0 spiro atoms. The molecule has 1 aliphatic carbocycles. The van der Waals surface area contributed by atoms with Crippen molar-refractivity contribution >= 4 is 11.6 Å². The molecule has 0 radical (unpaired) electrons. The van der Waals surface area contributed by atoms with Crippen LogP contribution in [0.1, 0.15) is 36.8 Å². The van der Waals surface area contributed by atoms with Gasteiger partial charge in [-0.3, -0.25) is 0 Å². The molecule has 1 aromatic carbocycles. The summed E-state index contributed by atoms with van der Waals surface area (Å²) in [5.74, 6) is 0.919. The lowest BCUT2D eigenvalue weighted by molar-refractivity contribution is 0.305. The number of aryl methyl sites for hydroxylation is 2. The first-order valence-corrected chi connectivity index (χ1v) is 7.17. The highest BCUT2D eigenvalue weighted by molar-refractivity contribution is 6.32. The van der Waals surface area contributed by atoms with Gasteiger partial charge in [-0.2, -0.15) is 0 Å². The third-order valence-corrected chi connectivity index (χ3v) is 4.17. The maximum atomic E-state index is 6.13. The molecular weight excluding hydrogens is 246 g/mol. The first kappa shape index (κ1) is 13.7. The average molecular weight is 268 g/mol. The quantitative estimate of drug-likeness (QED) is 0.818. The van der Waals surface area contributed by atoms with Gasteiger partial charge in [-0.15, -0.1) is 0 Å². The number of hydrogen-bond donors (Lipinski definition) is 1. The molecule has 3 heteroatoms. The molecule has 0 heterocycles. The minimum absolute atomic E-state index is 0.710. The molecule has 0 aliphatic heterocycles. The Labute approximate surface area is 115 Å². The Morgan fingerprint density at radius 1 is 1.22 bits per heavy atom. The Balaban J connectivity index is 1.76. The molecule has 2 rings (SSSR count). The fraction of sp³-hybridized carbons (Fsp3) is 0.600. The molecule has 100 valence electrons. The second-order valence-electron chi connectivity index (χ2n) is 5.16. The first-order chi connectivity index (χ1) is 8.66. The van der Waals surface area contributed by atoms with E-state index in [4.69, 9.17) is 16.3 Å². The highest BCUT2D eigenvalue weighted by Crippen LogP contribution is 2.25. The molecule has 18 heavy (non-hydrogen) atoms. The lowest BCUT2D eigenvalue weighted by Crippen LogP contribution is -2.30. The molecule has 0 amide bonds. The van der Waals surface area contributed by atoms with Gasteiger partial charge >= 0.3 is 0 Å². The zero-order valence-corrected chi connectivity index (χ0v) is 12.0. The zero-order valence-electron chi connectivity index (χ0n) is 11.3. The fourth-order valence-electron chi connectivity index (χ4n) is 2.55. The first-order valence-electron chi connectivity index (χ1n) is 6.80. The summed E-state index contributed by atoms with van der Waals surface area (Å²) in [6.07, 6.45) is 5.38. The number of nitrogens with one attached hydrogen (secondary N) is 1. The molecule has 0 saturated heterocycles. The standard InChI is InChI=1S/C15H22ClNO/c1-11-9-14(10-12(2)15(11)16)18-8-7-17-13-5-3-4-6-13/h9-10,13,17H,3-8H2,1-2H3. The van der Waals surface area contributed by atoms with Crippen LogP contribution in [0.5, 0.6) is 5.75 Å². The molecule has 0 bridgehead atoms. The van der Waals surface area contributed by atoms with E-state index < -0.39 is 0 Å². The number of rotatable bonds is 5. The summed E-state index contributed by atoms with van der Waals surface area (Å²) in [6, 6.07) is 4.72. The van der Waals surface area contributed by atoms with Gasteiger partial charge in [0.2, 0.25) is 0 Å². The van der Waals surface area contributed by atoms with Gasteiger partial charge in [0.1, 0.15) is 12.4 Å². The Hall–Kier alpha value is -0.730. The van der Waals surface area contributed by atoms with Gasteiger partial charge in [-0.25, -0.2) is 0 Å². The van der Waals surface area contributed by atoms with E-state index in [1.807, 2.05) is 26.0 Å². The van der Waals surface area contributed by atoms with Crippen LogP contribution in [0.4, 0.5) is 0 Å². The van der Waals surface area contributed by atoms with E-state index in [9.17, 15) is 0 Å². The number of benzene rings is 1. The minimum atomic E-state index is 0.710. The largest absolute Gasteiger partial charge is 0.492 e. The smallest absolute Gasteiger partial charge is 0.119 e. The van der Waals surface area contributed by atoms with Gasteiger partial charge in [0, 0.05) is 17.6 Å². The van der Waals surface area contributed by atoms with Crippen LogP contribution in [-0.2, 0) is 0 Å². The van der Waals surface area contributed by atoms with E-state index >= 15 is 0 Å². The van der Waals surface area contributed by atoms with Gasteiger partial charge in [0.05, 0.1) is 0 Å². The maximum absolute atomic E-state index is 6.13. The number of hydrogen-bond acceptors (Lipinski definition) is 2. The monoisotopic (exact) mass is 267 g/mol.